The molecular weight excluding hydrogens is 474 g/mol. The van der Waals surface area contributed by atoms with Crippen molar-refractivity contribution in [2.75, 3.05) is 11.1 Å². The minimum Gasteiger partial charge on any atom is -0.333 e. The lowest BCUT2D eigenvalue weighted by atomic mass is 10.2. The second kappa shape index (κ2) is 8.68. The summed E-state index contributed by atoms with van der Waals surface area (Å²) in [6.45, 7) is 1.98. The fraction of sp³-hybridized carbons (Fsp3) is 0.105. The van der Waals surface area contributed by atoms with Gasteiger partial charge in [0.05, 0.1) is 32.8 Å². The van der Waals surface area contributed by atoms with Crippen LogP contribution in [0.5, 0.6) is 0 Å². The SMILES string of the molecule is Cc1ccc2nc(SCC(=O)Nc3ncc(S(=O)(=O)c4ccc([N+](=O)[O-])cc4)s3)[nH]c2c1. The third kappa shape index (κ3) is 4.64. The van der Waals surface area contributed by atoms with E-state index in [1.165, 1.54) is 11.8 Å². The number of hydrogen-bond donors (Lipinski definition) is 2. The Balaban J connectivity index is 1.40. The molecule has 1 amide bonds. The van der Waals surface area contributed by atoms with E-state index in [1.807, 2.05) is 25.1 Å². The molecule has 0 aliphatic heterocycles. The first-order valence-corrected chi connectivity index (χ1v) is 12.4. The number of fused-ring (bicyclic) bond motifs is 1. The smallest absolute Gasteiger partial charge is 0.269 e. The van der Waals surface area contributed by atoms with Crippen LogP contribution in [0.15, 0.2) is 62.9 Å². The minimum absolute atomic E-state index is 0.0584. The number of nitrogens with zero attached hydrogens (tertiary/aromatic N) is 3. The number of aromatic nitrogens is 3. The molecule has 0 atom stereocenters. The van der Waals surface area contributed by atoms with Crippen LogP contribution in [0.3, 0.4) is 0 Å². The summed E-state index contributed by atoms with van der Waals surface area (Å²) in [4.78, 5) is 33.8. The quantitative estimate of drug-likeness (QED) is 0.226. The molecule has 2 aromatic carbocycles. The van der Waals surface area contributed by atoms with Crippen molar-refractivity contribution in [2.45, 2.75) is 21.2 Å². The average Bonchev–Trinajstić information content (AvgIpc) is 3.39. The Morgan fingerprint density at radius 2 is 2.00 bits per heavy atom. The van der Waals surface area contributed by atoms with Gasteiger partial charge in [0.15, 0.2) is 10.3 Å². The summed E-state index contributed by atoms with van der Waals surface area (Å²) in [5.41, 5.74) is 2.57. The molecule has 2 heterocycles. The third-order valence-corrected chi connectivity index (χ3v) is 8.33. The molecule has 164 valence electrons. The van der Waals surface area contributed by atoms with Gasteiger partial charge in [0.2, 0.25) is 15.7 Å². The maximum Gasteiger partial charge on any atom is 0.269 e. The Labute approximate surface area is 190 Å². The molecule has 4 aromatic rings. The van der Waals surface area contributed by atoms with E-state index < -0.39 is 14.8 Å². The molecule has 0 aliphatic rings. The highest BCUT2D eigenvalue weighted by Crippen LogP contribution is 2.29. The van der Waals surface area contributed by atoms with Gasteiger partial charge >= 0.3 is 0 Å². The maximum atomic E-state index is 12.7. The number of amides is 1. The van der Waals surface area contributed by atoms with Crippen molar-refractivity contribution in [3.05, 3.63) is 64.3 Å². The Morgan fingerprint density at radius 1 is 1.25 bits per heavy atom. The van der Waals surface area contributed by atoms with Gasteiger partial charge < -0.3 is 10.3 Å². The number of imidazole rings is 1. The van der Waals surface area contributed by atoms with Crippen LogP contribution in [0.4, 0.5) is 10.8 Å². The Kier molecular flexibility index (Phi) is 5.95. The van der Waals surface area contributed by atoms with E-state index in [1.54, 1.807) is 0 Å². The van der Waals surface area contributed by atoms with Gasteiger partial charge in [-0.3, -0.25) is 14.9 Å². The van der Waals surface area contributed by atoms with Crippen LogP contribution in [0.25, 0.3) is 11.0 Å². The second-order valence-corrected chi connectivity index (χ2v) is 10.8. The zero-order valence-corrected chi connectivity index (χ0v) is 18.9. The van der Waals surface area contributed by atoms with Crippen LogP contribution in [0.1, 0.15) is 5.56 Å². The summed E-state index contributed by atoms with van der Waals surface area (Å²) >= 11 is 2.02. The number of nitro groups is 1. The molecule has 0 saturated carbocycles. The van der Waals surface area contributed by atoms with Crippen LogP contribution in [-0.2, 0) is 14.6 Å². The van der Waals surface area contributed by atoms with Gasteiger partial charge in [-0.1, -0.05) is 29.2 Å². The molecule has 0 saturated heterocycles. The molecular formula is C19H15N5O5S3. The Bertz CT molecular complexity index is 1430. The number of aryl methyl sites for hydroxylation is 1. The molecule has 0 fully saturated rings. The number of benzene rings is 2. The zero-order valence-electron chi connectivity index (χ0n) is 16.4. The summed E-state index contributed by atoms with van der Waals surface area (Å²) in [6, 6.07) is 10.4. The first-order valence-electron chi connectivity index (χ1n) is 9.07. The van der Waals surface area contributed by atoms with Gasteiger partial charge in [0.25, 0.3) is 5.69 Å². The third-order valence-electron chi connectivity index (χ3n) is 4.31. The van der Waals surface area contributed by atoms with E-state index in [4.69, 9.17) is 0 Å². The van der Waals surface area contributed by atoms with Gasteiger partial charge in [0.1, 0.15) is 4.21 Å². The topological polar surface area (TPSA) is 148 Å². The summed E-state index contributed by atoms with van der Waals surface area (Å²) in [6.07, 6.45) is 1.14. The number of sulfone groups is 1. The molecule has 2 N–H and O–H groups in total. The number of carbonyl (C=O) groups excluding carboxylic acids is 1. The number of nitro benzene ring substituents is 1. The molecule has 32 heavy (non-hydrogen) atoms. The fourth-order valence-corrected chi connectivity index (χ4v) is 5.90. The minimum atomic E-state index is -3.91. The predicted molar refractivity (Wildman–Crippen MR) is 121 cm³/mol. The molecule has 0 bridgehead atoms. The highest BCUT2D eigenvalue weighted by Gasteiger charge is 2.22. The Hall–Kier alpha value is -3.29. The van der Waals surface area contributed by atoms with Gasteiger partial charge in [-0.25, -0.2) is 18.4 Å². The van der Waals surface area contributed by atoms with Crippen molar-refractivity contribution < 1.29 is 18.1 Å². The first kappa shape index (κ1) is 21.9. The molecule has 0 aliphatic carbocycles. The molecule has 0 unspecified atom stereocenters. The largest absolute Gasteiger partial charge is 0.333 e. The van der Waals surface area contributed by atoms with Crippen molar-refractivity contribution in [2.24, 2.45) is 0 Å². The summed E-state index contributed by atoms with van der Waals surface area (Å²) in [5.74, 6) is -0.303. The van der Waals surface area contributed by atoms with Gasteiger partial charge in [-0.2, -0.15) is 0 Å². The second-order valence-electron chi connectivity index (χ2n) is 6.64. The van der Waals surface area contributed by atoms with Gasteiger partial charge in [-0.15, -0.1) is 0 Å². The van der Waals surface area contributed by atoms with Crippen molar-refractivity contribution in [3.63, 3.8) is 0 Å². The summed E-state index contributed by atoms with van der Waals surface area (Å²) < 4.78 is 25.3. The maximum absolute atomic E-state index is 12.7. The average molecular weight is 490 g/mol. The van der Waals surface area contributed by atoms with Crippen molar-refractivity contribution >= 4 is 60.7 Å². The molecule has 13 heteroatoms. The van der Waals surface area contributed by atoms with E-state index in [0.717, 1.165) is 58.4 Å². The van der Waals surface area contributed by atoms with E-state index in [9.17, 15) is 23.3 Å². The first-order chi connectivity index (χ1) is 15.2. The monoisotopic (exact) mass is 489 g/mol. The summed E-state index contributed by atoms with van der Waals surface area (Å²) in [7, 11) is -3.91. The van der Waals surface area contributed by atoms with Crippen LogP contribution in [-0.4, -0.2) is 40.0 Å². The van der Waals surface area contributed by atoms with Gasteiger partial charge in [-0.05, 0) is 36.8 Å². The zero-order chi connectivity index (χ0) is 22.9. The van der Waals surface area contributed by atoms with Crippen LogP contribution >= 0.6 is 23.1 Å². The number of H-pyrrole nitrogens is 1. The number of anilines is 1. The van der Waals surface area contributed by atoms with Crippen LogP contribution < -0.4 is 5.32 Å². The fourth-order valence-electron chi connectivity index (χ4n) is 2.76. The van der Waals surface area contributed by atoms with Crippen molar-refractivity contribution in [3.8, 4) is 0 Å². The van der Waals surface area contributed by atoms with E-state index in [0.29, 0.717) is 5.16 Å². The number of thiazole rings is 1. The normalized spacial score (nSPS) is 11.5. The molecule has 0 radical (unpaired) electrons. The van der Waals surface area contributed by atoms with E-state index in [2.05, 4.69) is 20.3 Å². The number of non-ortho nitro benzene ring substituents is 1. The van der Waals surface area contributed by atoms with Crippen molar-refractivity contribution in [1.29, 1.82) is 0 Å². The summed E-state index contributed by atoms with van der Waals surface area (Å²) in [5, 5.41) is 14.1. The molecule has 2 aromatic heterocycles. The number of hydrogen-bond acceptors (Lipinski definition) is 9. The lowest BCUT2D eigenvalue weighted by Gasteiger charge is -2.01. The lowest BCUT2D eigenvalue weighted by Crippen LogP contribution is -2.13. The van der Waals surface area contributed by atoms with Crippen molar-refractivity contribution in [1.82, 2.24) is 15.0 Å². The van der Waals surface area contributed by atoms with Crippen LogP contribution in [0.2, 0.25) is 0 Å². The van der Waals surface area contributed by atoms with Crippen LogP contribution in [0, 0.1) is 17.0 Å². The highest BCUT2D eigenvalue weighted by molar-refractivity contribution is 7.99. The number of nitrogens with one attached hydrogen (secondary N) is 2. The number of rotatable bonds is 7. The number of aromatic amines is 1. The number of carbonyl (C=O) groups is 1. The standard InChI is InChI=1S/C19H15N5O5S3/c1-11-2-7-14-15(8-11)22-19(21-14)30-10-16(25)23-18-20-9-17(31-18)32(28,29)13-5-3-12(4-6-13)24(26)27/h2-9H,10H2,1H3,(H,21,22)(H,20,23,25). The van der Waals surface area contributed by atoms with E-state index >= 15 is 0 Å². The Morgan fingerprint density at radius 3 is 2.72 bits per heavy atom. The van der Waals surface area contributed by atoms with E-state index in [-0.39, 0.29) is 31.6 Å². The number of thioether (sulfide) groups is 1. The predicted octanol–water partition coefficient (Wildman–Crippen LogP) is 3.80. The lowest BCUT2D eigenvalue weighted by molar-refractivity contribution is -0.384. The molecule has 10 nitrogen and oxygen atoms in total. The van der Waals surface area contributed by atoms with Gasteiger partial charge in [0, 0.05) is 12.1 Å². The molecule has 0 spiro atoms. The highest BCUT2D eigenvalue weighted by atomic mass is 32.2. The molecule has 4 rings (SSSR count).